The van der Waals surface area contributed by atoms with Crippen molar-refractivity contribution in [1.29, 1.82) is 0 Å². The summed E-state index contributed by atoms with van der Waals surface area (Å²) in [6, 6.07) is 15.1. The normalized spacial score (nSPS) is 12.1. The molecule has 0 saturated heterocycles. The summed E-state index contributed by atoms with van der Waals surface area (Å²) in [6.45, 7) is 0.834. The minimum atomic E-state index is -1.06. The average Bonchev–Trinajstić information content (AvgIpc) is 2.47. The molecule has 2 N–H and O–H groups in total. The van der Waals surface area contributed by atoms with Crippen LogP contribution in [0.4, 0.5) is 0 Å². The molecule has 0 spiro atoms. The second kappa shape index (κ2) is 7.57. The number of hydrogen-bond donors (Lipinski definition) is 1. The van der Waals surface area contributed by atoms with Gasteiger partial charge in [-0.1, -0.05) is 40.2 Å². The number of benzene rings is 2. The fourth-order valence-corrected chi connectivity index (χ4v) is 3.28. The lowest BCUT2D eigenvalue weighted by molar-refractivity contribution is 0.339. The minimum absolute atomic E-state index is 0.399. The van der Waals surface area contributed by atoms with Crippen LogP contribution in [0.2, 0.25) is 0 Å². The van der Waals surface area contributed by atoms with Crippen LogP contribution in [-0.4, -0.2) is 16.6 Å². The number of nitrogens with two attached hydrogens (primary N) is 1. The Morgan fingerprint density at radius 1 is 1.15 bits per heavy atom. The number of ether oxygens (including phenoxy) is 1. The van der Waals surface area contributed by atoms with Gasteiger partial charge in [0.2, 0.25) is 0 Å². The highest BCUT2D eigenvalue weighted by molar-refractivity contribution is 9.10. The quantitative estimate of drug-likeness (QED) is 0.867. The van der Waals surface area contributed by atoms with Crippen LogP contribution in [0.3, 0.4) is 0 Å². The van der Waals surface area contributed by atoms with Gasteiger partial charge in [0.1, 0.15) is 12.4 Å². The van der Waals surface area contributed by atoms with Crippen LogP contribution in [0, 0.1) is 0 Å². The van der Waals surface area contributed by atoms with E-state index in [1.165, 1.54) is 0 Å². The Hall–Kier alpha value is -1.17. The van der Waals surface area contributed by atoms with E-state index in [2.05, 4.69) is 15.9 Å². The van der Waals surface area contributed by atoms with Gasteiger partial charge in [0, 0.05) is 21.5 Å². The molecule has 0 radical (unpaired) electrons. The molecule has 106 valence electrons. The maximum atomic E-state index is 12.1. The zero-order valence-electron chi connectivity index (χ0n) is 10.9. The van der Waals surface area contributed by atoms with Gasteiger partial charge in [0.25, 0.3) is 0 Å². The third kappa shape index (κ3) is 4.16. The Kier molecular flexibility index (Phi) is 5.76. The second-order valence-electron chi connectivity index (χ2n) is 4.17. The maximum Gasteiger partial charge on any atom is 0.123 e. The van der Waals surface area contributed by atoms with Crippen molar-refractivity contribution in [2.75, 3.05) is 12.4 Å². The first-order chi connectivity index (χ1) is 9.70. The van der Waals surface area contributed by atoms with Crippen molar-refractivity contribution in [2.24, 2.45) is 5.73 Å². The van der Waals surface area contributed by atoms with Gasteiger partial charge >= 0.3 is 0 Å². The number of hydrogen-bond acceptors (Lipinski definition) is 3. The standard InChI is InChI=1S/C15H16BrNO2S/c16-13-5-3-6-14(10-13)20(18)9-8-19-15-7-2-1-4-12(15)11-17/h1-7,10H,8-9,11,17H2. The Balaban J connectivity index is 1.91. The molecule has 0 fully saturated rings. The third-order valence-corrected chi connectivity index (χ3v) is 4.59. The van der Waals surface area contributed by atoms with Gasteiger partial charge in [-0.3, -0.25) is 4.21 Å². The van der Waals surface area contributed by atoms with Gasteiger partial charge in [-0.25, -0.2) is 0 Å². The van der Waals surface area contributed by atoms with Gasteiger partial charge in [0.15, 0.2) is 0 Å². The molecular weight excluding hydrogens is 338 g/mol. The van der Waals surface area contributed by atoms with Gasteiger partial charge in [-0.05, 0) is 24.3 Å². The Labute approximate surface area is 129 Å². The summed E-state index contributed by atoms with van der Waals surface area (Å²) in [7, 11) is -1.06. The van der Waals surface area contributed by atoms with Gasteiger partial charge in [0.05, 0.1) is 16.6 Å². The number of halogens is 1. The van der Waals surface area contributed by atoms with E-state index in [9.17, 15) is 4.21 Å². The van der Waals surface area contributed by atoms with Crippen LogP contribution >= 0.6 is 15.9 Å². The van der Waals surface area contributed by atoms with Crippen molar-refractivity contribution < 1.29 is 8.95 Å². The summed E-state index contributed by atoms with van der Waals surface area (Å²) in [6.07, 6.45) is 0. The Bertz CT molecular complexity index is 604. The van der Waals surface area contributed by atoms with E-state index in [1.54, 1.807) is 0 Å². The molecule has 0 bridgehead atoms. The van der Waals surface area contributed by atoms with Crippen molar-refractivity contribution in [1.82, 2.24) is 0 Å². The van der Waals surface area contributed by atoms with Crippen LogP contribution in [0.15, 0.2) is 57.9 Å². The highest BCUT2D eigenvalue weighted by Crippen LogP contribution is 2.18. The molecule has 0 heterocycles. The first-order valence-electron chi connectivity index (χ1n) is 6.25. The molecule has 2 aromatic rings. The van der Waals surface area contributed by atoms with E-state index in [-0.39, 0.29) is 0 Å². The van der Waals surface area contributed by atoms with Crippen LogP contribution < -0.4 is 10.5 Å². The molecule has 5 heteroatoms. The van der Waals surface area contributed by atoms with Crippen LogP contribution in [0.25, 0.3) is 0 Å². The number of rotatable bonds is 6. The van der Waals surface area contributed by atoms with E-state index in [0.29, 0.717) is 18.9 Å². The summed E-state index contributed by atoms with van der Waals surface area (Å²) in [5, 5.41) is 0. The third-order valence-electron chi connectivity index (χ3n) is 2.78. The molecule has 0 aliphatic heterocycles. The largest absolute Gasteiger partial charge is 0.492 e. The monoisotopic (exact) mass is 353 g/mol. The fraction of sp³-hybridized carbons (Fsp3) is 0.200. The molecule has 0 aliphatic rings. The van der Waals surface area contributed by atoms with Crippen molar-refractivity contribution >= 4 is 26.7 Å². The molecule has 1 unspecified atom stereocenters. The van der Waals surface area contributed by atoms with Crippen LogP contribution in [0.5, 0.6) is 5.75 Å². The lowest BCUT2D eigenvalue weighted by Crippen LogP contribution is -2.10. The summed E-state index contributed by atoms with van der Waals surface area (Å²) in [5.74, 6) is 1.22. The second-order valence-corrected chi connectivity index (χ2v) is 6.65. The zero-order valence-corrected chi connectivity index (χ0v) is 13.3. The molecule has 1 atom stereocenters. The number of para-hydroxylation sites is 1. The predicted molar refractivity (Wildman–Crippen MR) is 85.2 cm³/mol. The lowest BCUT2D eigenvalue weighted by atomic mass is 10.2. The van der Waals surface area contributed by atoms with Gasteiger partial charge in [-0.2, -0.15) is 0 Å². The highest BCUT2D eigenvalue weighted by Gasteiger charge is 2.06. The van der Waals surface area contributed by atoms with E-state index < -0.39 is 10.8 Å². The first-order valence-corrected chi connectivity index (χ1v) is 8.36. The van der Waals surface area contributed by atoms with Crippen LogP contribution in [-0.2, 0) is 17.3 Å². The van der Waals surface area contributed by atoms with Crippen molar-refractivity contribution in [2.45, 2.75) is 11.4 Å². The van der Waals surface area contributed by atoms with E-state index in [4.69, 9.17) is 10.5 Å². The van der Waals surface area contributed by atoms with E-state index >= 15 is 0 Å². The smallest absolute Gasteiger partial charge is 0.123 e. The Morgan fingerprint density at radius 3 is 2.70 bits per heavy atom. The molecule has 2 aromatic carbocycles. The molecule has 0 aliphatic carbocycles. The van der Waals surface area contributed by atoms with Crippen molar-refractivity contribution in [3.8, 4) is 5.75 Å². The average molecular weight is 354 g/mol. The fourth-order valence-electron chi connectivity index (χ4n) is 1.77. The van der Waals surface area contributed by atoms with Gasteiger partial charge in [-0.15, -0.1) is 0 Å². The van der Waals surface area contributed by atoms with E-state index in [1.807, 2.05) is 48.5 Å². The summed E-state index contributed by atoms with van der Waals surface area (Å²) in [5.41, 5.74) is 6.60. The van der Waals surface area contributed by atoms with Crippen molar-refractivity contribution in [3.63, 3.8) is 0 Å². The van der Waals surface area contributed by atoms with Gasteiger partial charge < -0.3 is 10.5 Å². The summed E-state index contributed by atoms with van der Waals surface area (Å²) >= 11 is 3.37. The lowest BCUT2D eigenvalue weighted by Gasteiger charge is -2.10. The summed E-state index contributed by atoms with van der Waals surface area (Å²) in [4.78, 5) is 0.801. The highest BCUT2D eigenvalue weighted by atomic mass is 79.9. The topological polar surface area (TPSA) is 52.3 Å². The maximum absolute atomic E-state index is 12.1. The molecule has 0 aromatic heterocycles. The molecule has 20 heavy (non-hydrogen) atoms. The molecule has 2 rings (SSSR count). The zero-order chi connectivity index (χ0) is 14.4. The summed E-state index contributed by atoms with van der Waals surface area (Å²) < 4.78 is 18.7. The molecular formula is C15H16BrNO2S. The van der Waals surface area contributed by atoms with Crippen LogP contribution in [0.1, 0.15) is 5.56 Å². The molecule has 0 amide bonds. The molecule has 3 nitrogen and oxygen atoms in total. The minimum Gasteiger partial charge on any atom is -0.492 e. The molecule has 0 saturated carbocycles. The van der Waals surface area contributed by atoms with Crippen molar-refractivity contribution in [3.05, 3.63) is 58.6 Å². The first kappa shape index (κ1) is 15.2. The SMILES string of the molecule is NCc1ccccc1OCCS(=O)c1cccc(Br)c1. The van der Waals surface area contributed by atoms with E-state index in [0.717, 1.165) is 20.7 Å². The Morgan fingerprint density at radius 2 is 1.95 bits per heavy atom. The predicted octanol–water partition coefficient (Wildman–Crippen LogP) is 3.09.